The molecule has 7 heteroatoms. The van der Waals surface area contributed by atoms with Crippen LogP contribution < -0.4 is 9.47 Å². The largest absolute Gasteiger partial charge is 0.483 e. The van der Waals surface area contributed by atoms with Gasteiger partial charge in [-0.3, -0.25) is 4.79 Å². The molecule has 5 atom stereocenters. The molecule has 0 radical (unpaired) electrons. The van der Waals surface area contributed by atoms with Crippen molar-refractivity contribution in [3.63, 3.8) is 0 Å². The molecule has 1 aromatic rings. The minimum absolute atomic E-state index is 0.0142. The van der Waals surface area contributed by atoms with E-state index in [1.807, 2.05) is 6.07 Å². The van der Waals surface area contributed by atoms with E-state index in [2.05, 4.69) is 18.0 Å². The van der Waals surface area contributed by atoms with Crippen LogP contribution in [0.4, 0.5) is 0 Å². The van der Waals surface area contributed by atoms with Crippen LogP contribution in [0.25, 0.3) is 0 Å². The van der Waals surface area contributed by atoms with Crippen LogP contribution in [-0.4, -0.2) is 70.3 Å². The summed E-state index contributed by atoms with van der Waals surface area (Å²) in [4.78, 5) is 13.9. The molecular weight excluding hydrogens is 422 g/mol. The van der Waals surface area contributed by atoms with Gasteiger partial charge in [-0.05, 0) is 69.7 Å². The lowest BCUT2D eigenvalue weighted by Gasteiger charge is -2.58. The van der Waals surface area contributed by atoms with E-state index < -0.39 is 0 Å². The highest BCUT2D eigenvalue weighted by Crippen LogP contribution is 2.64. The van der Waals surface area contributed by atoms with Crippen molar-refractivity contribution in [3.8, 4) is 11.5 Å². The van der Waals surface area contributed by atoms with Gasteiger partial charge in [-0.15, -0.1) is 0 Å². The fourth-order valence-corrected chi connectivity index (χ4v) is 6.97. The zero-order valence-corrected chi connectivity index (χ0v) is 20.1. The number of hydrogen-bond acceptors (Lipinski definition) is 7. The summed E-state index contributed by atoms with van der Waals surface area (Å²) in [7, 11) is 5.36. The third kappa shape index (κ3) is 3.82. The maximum Gasteiger partial charge on any atom is 0.305 e. The standard InChI is InChI=1S/C26H37NO6/c1-27-13-12-26-18-9-11-21(31-14-6-4-5-7-22(28)30-3)25(26)33-24-20(32-16-29-2)10-8-17(23(24)26)15-19(18)27/h8,10,18-19,21,25H,4-7,9,11-16H2,1-3H3/t18-,19+,21?,25?,26-/m0/s1. The van der Waals surface area contributed by atoms with E-state index in [1.165, 1.54) is 24.7 Å². The highest BCUT2D eigenvalue weighted by molar-refractivity contribution is 5.69. The molecule has 1 aromatic carbocycles. The molecule has 2 bridgehead atoms. The molecular formula is C26H37NO6. The molecule has 33 heavy (non-hydrogen) atoms. The summed E-state index contributed by atoms with van der Waals surface area (Å²) in [5.41, 5.74) is 2.82. The molecule has 0 N–H and O–H groups in total. The van der Waals surface area contributed by atoms with Crippen LogP contribution in [0.1, 0.15) is 56.1 Å². The van der Waals surface area contributed by atoms with Crippen molar-refractivity contribution in [1.29, 1.82) is 0 Å². The average Bonchev–Trinajstić information content (AvgIpc) is 3.18. The molecule has 2 aliphatic heterocycles. The van der Waals surface area contributed by atoms with Gasteiger partial charge >= 0.3 is 5.97 Å². The van der Waals surface area contributed by atoms with Gasteiger partial charge in [0.25, 0.3) is 0 Å². The molecule has 2 aliphatic carbocycles. The summed E-state index contributed by atoms with van der Waals surface area (Å²) in [6.45, 7) is 2.00. The number of carbonyl (C=O) groups excluding carboxylic acids is 1. The second kappa shape index (κ2) is 9.43. The molecule has 7 nitrogen and oxygen atoms in total. The van der Waals surface area contributed by atoms with Crippen molar-refractivity contribution in [1.82, 2.24) is 4.90 Å². The Morgan fingerprint density at radius 1 is 1.21 bits per heavy atom. The SMILES string of the molecule is COCOc1ccc2c3c1OC1C(OCCCCCC(=O)OC)CC[C@H]4[C@@H](C2)N(C)CC[C@]314. The first-order valence-electron chi connectivity index (χ1n) is 12.4. The molecule has 4 aliphatic rings. The van der Waals surface area contributed by atoms with E-state index in [9.17, 15) is 4.79 Å². The van der Waals surface area contributed by atoms with Gasteiger partial charge in [0.15, 0.2) is 18.3 Å². The number of esters is 1. The van der Waals surface area contributed by atoms with E-state index >= 15 is 0 Å². The summed E-state index contributed by atoms with van der Waals surface area (Å²) >= 11 is 0. The highest BCUT2D eigenvalue weighted by atomic mass is 16.7. The van der Waals surface area contributed by atoms with Crippen molar-refractivity contribution >= 4 is 5.97 Å². The summed E-state index contributed by atoms with van der Waals surface area (Å²) < 4.78 is 29.1. The molecule has 182 valence electrons. The topological polar surface area (TPSA) is 66.5 Å². The van der Waals surface area contributed by atoms with Gasteiger partial charge in [-0.1, -0.05) is 12.5 Å². The molecule has 2 fully saturated rings. The van der Waals surface area contributed by atoms with Crippen LogP contribution in [-0.2, 0) is 30.8 Å². The smallest absolute Gasteiger partial charge is 0.305 e. The number of carbonyl (C=O) groups is 1. The summed E-state index contributed by atoms with van der Waals surface area (Å²) in [6, 6.07) is 4.85. The van der Waals surface area contributed by atoms with Crippen LogP contribution in [0.3, 0.4) is 0 Å². The Bertz CT molecular complexity index is 875. The fraction of sp³-hybridized carbons (Fsp3) is 0.731. The van der Waals surface area contributed by atoms with E-state index in [1.54, 1.807) is 7.11 Å². The lowest BCUT2D eigenvalue weighted by Crippen LogP contribution is -2.66. The molecule has 1 saturated carbocycles. The monoisotopic (exact) mass is 459 g/mol. The zero-order chi connectivity index (χ0) is 23.0. The predicted octanol–water partition coefficient (Wildman–Crippen LogP) is 3.46. The second-order valence-electron chi connectivity index (χ2n) is 10.0. The molecule has 2 heterocycles. The van der Waals surface area contributed by atoms with Gasteiger partial charge in [0.2, 0.25) is 0 Å². The minimum Gasteiger partial charge on any atom is -0.483 e. The summed E-state index contributed by atoms with van der Waals surface area (Å²) in [5.74, 6) is 2.17. The van der Waals surface area contributed by atoms with E-state index in [0.29, 0.717) is 25.0 Å². The number of benzene rings is 1. The summed E-state index contributed by atoms with van der Waals surface area (Å²) in [5, 5.41) is 0. The molecule has 5 rings (SSSR count). The molecule has 0 amide bonds. The number of piperidine rings is 1. The van der Waals surface area contributed by atoms with Crippen LogP contribution >= 0.6 is 0 Å². The van der Waals surface area contributed by atoms with Crippen molar-refractivity contribution in [2.45, 2.75) is 75.0 Å². The number of unbranched alkanes of at least 4 members (excludes halogenated alkanes) is 2. The Kier molecular flexibility index (Phi) is 6.56. The van der Waals surface area contributed by atoms with Gasteiger partial charge in [0.1, 0.15) is 6.10 Å². The number of likely N-dealkylation sites (tertiary alicyclic amines) is 1. The third-order valence-corrected chi connectivity index (χ3v) is 8.44. The maximum atomic E-state index is 11.3. The van der Waals surface area contributed by atoms with Crippen molar-refractivity contribution < 1.29 is 28.5 Å². The number of hydrogen-bond donors (Lipinski definition) is 0. The molecule has 1 spiro atoms. The van der Waals surface area contributed by atoms with Crippen LogP contribution in [0.5, 0.6) is 11.5 Å². The Morgan fingerprint density at radius 2 is 2.09 bits per heavy atom. The highest BCUT2D eigenvalue weighted by Gasteiger charge is 2.65. The number of ether oxygens (including phenoxy) is 5. The molecule has 2 unspecified atom stereocenters. The first kappa shape index (κ1) is 22.9. The van der Waals surface area contributed by atoms with E-state index in [0.717, 1.165) is 56.6 Å². The van der Waals surface area contributed by atoms with Gasteiger partial charge in [0.05, 0.1) is 13.2 Å². The first-order chi connectivity index (χ1) is 16.1. The van der Waals surface area contributed by atoms with Gasteiger partial charge in [0, 0.05) is 37.2 Å². The van der Waals surface area contributed by atoms with Gasteiger partial charge < -0.3 is 28.6 Å². The number of likely N-dealkylation sites (N-methyl/N-ethyl adjacent to an activating group) is 1. The van der Waals surface area contributed by atoms with E-state index in [4.69, 9.17) is 23.7 Å². The van der Waals surface area contributed by atoms with Crippen LogP contribution in [0.15, 0.2) is 12.1 Å². The van der Waals surface area contributed by atoms with Crippen LogP contribution in [0, 0.1) is 5.92 Å². The maximum absolute atomic E-state index is 11.3. The lowest BCUT2D eigenvalue weighted by molar-refractivity contribution is -0.140. The van der Waals surface area contributed by atoms with E-state index in [-0.39, 0.29) is 30.4 Å². The lowest BCUT2D eigenvalue weighted by atomic mass is 9.51. The van der Waals surface area contributed by atoms with Crippen molar-refractivity contribution in [3.05, 3.63) is 23.3 Å². The first-order valence-corrected chi connectivity index (χ1v) is 12.4. The summed E-state index contributed by atoms with van der Waals surface area (Å²) in [6.07, 6.45) is 7.73. The molecule has 1 saturated heterocycles. The van der Waals surface area contributed by atoms with Gasteiger partial charge in [-0.25, -0.2) is 0 Å². The Hall–Kier alpha value is -1.83. The number of methoxy groups -OCH3 is 2. The average molecular weight is 460 g/mol. The van der Waals surface area contributed by atoms with Crippen molar-refractivity contribution in [2.75, 3.05) is 41.2 Å². The number of nitrogens with zero attached hydrogens (tertiary/aromatic N) is 1. The predicted molar refractivity (Wildman–Crippen MR) is 123 cm³/mol. The van der Waals surface area contributed by atoms with Gasteiger partial charge in [-0.2, -0.15) is 0 Å². The minimum atomic E-state index is -0.137. The van der Waals surface area contributed by atoms with Crippen LogP contribution in [0.2, 0.25) is 0 Å². The normalized spacial score (nSPS) is 31.6. The second-order valence-corrected chi connectivity index (χ2v) is 10.0. The van der Waals surface area contributed by atoms with Crippen molar-refractivity contribution in [2.24, 2.45) is 5.92 Å². The fourth-order valence-electron chi connectivity index (χ4n) is 6.97. The Morgan fingerprint density at radius 3 is 2.91 bits per heavy atom. The quantitative estimate of drug-likeness (QED) is 0.302. The molecule has 0 aromatic heterocycles. The Labute approximate surface area is 196 Å². The zero-order valence-electron chi connectivity index (χ0n) is 20.1. The number of rotatable bonds is 10. The third-order valence-electron chi connectivity index (χ3n) is 8.44. The Balaban J connectivity index is 1.35.